The van der Waals surface area contributed by atoms with Crippen molar-refractivity contribution >= 4 is 15.9 Å². The first-order valence-corrected chi connectivity index (χ1v) is 5.64. The number of fused-ring (bicyclic) bond motifs is 1. The van der Waals surface area contributed by atoms with E-state index in [2.05, 4.69) is 15.9 Å². The van der Waals surface area contributed by atoms with Crippen molar-refractivity contribution < 1.29 is 14.6 Å². The van der Waals surface area contributed by atoms with Crippen molar-refractivity contribution in [3.63, 3.8) is 0 Å². The molecule has 0 amide bonds. The van der Waals surface area contributed by atoms with E-state index >= 15 is 0 Å². The monoisotopic (exact) mass is 272 g/mol. The van der Waals surface area contributed by atoms with E-state index in [0.29, 0.717) is 6.42 Å². The van der Waals surface area contributed by atoms with Crippen molar-refractivity contribution in [2.45, 2.75) is 26.4 Å². The quantitative estimate of drug-likeness (QED) is 0.899. The lowest BCUT2D eigenvalue weighted by Gasteiger charge is -2.12. The Labute approximate surface area is 97.1 Å². The zero-order valence-electron chi connectivity index (χ0n) is 8.71. The Balaban J connectivity index is 2.50. The number of benzene rings is 1. The van der Waals surface area contributed by atoms with Crippen molar-refractivity contribution in [2.75, 3.05) is 6.79 Å². The minimum absolute atomic E-state index is 0.262. The molecule has 3 nitrogen and oxygen atoms in total. The summed E-state index contributed by atoms with van der Waals surface area (Å²) in [6.07, 6.45) is 0.197. The Kier molecular flexibility index (Phi) is 2.89. The number of hydrogen-bond acceptors (Lipinski definition) is 3. The Morgan fingerprint density at radius 2 is 2.27 bits per heavy atom. The molecule has 1 aromatic carbocycles. The molecule has 0 spiro atoms. The maximum absolute atomic E-state index is 9.44. The second kappa shape index (κ2) is 4.02. The predicted molar refractivity (Wildman–Crippen MR) is 60.4 cm³/mol. The maximum Gasteiger partial charge on any atom is 0.231 e. The van der Waals surface area contributed by atoms with Gasteiger partial charge in [-0.05, 0) is 25.5 Å². The number of aliphatic hydroxyl groups excluding tert-OH is 1. The lowest BCUT2D eigenvalue weighted by molar-refractivity contribution is 0.169. The average Bonchev–Trinajstić information content (AvgIpc) is 2.59. The van der Waals surface area contributed by atoms with E-state index in [9.17, 15) is 5.11 Å². The van der Waals surface area contributed by atoms with E-state index < -0.39 is 0 Å². The van der Waals surface area contributed by atoms with Crippen molar-refractivity contribution in [3.8, 4) is 11.5 Å². The predicted octanol–water partition coefficient (Wildman–Crippen LogP) is 2.41. The first kappa shape index (κ1) is 10.8. The molecule has 0 saturated heterocycles. The van der Waals surface area contributed by atoms with Gasteiger partial charge in [-0.15, -0.1) is 0 Å². The third-order valence-electron chi connectivity index (χ3n) is 2.48. The maximum atomic E-state index is 9.44. The van der Waals surface area contributed by atoms with Crippen LogP contribution in [0.1, 0.15) is 18.1 Å². The molecule has 1 N–H and O–H groups in total. The van der Waals surface area contributed by atoms with Gasteiger partial charge in [-0.25, -0.2) is 0 Å². The standard InChI is InChI=1S/C11H13BrO3/c1-6(13)3-8-7(2)9(12)4-10-11(8)15-5-14-10/h4,6,13H,3,5H2,1-2H3. The second-order valence-electron chi connectivity index (χ2n) is 3.75. The molecule has 0 fully saturated rings. The highest BCUT2D eigenvalue weighted by Crippen LogP contribution is 2.41. The fourth-order valence-corrected chi connectivity index (χ4v) is 2.16. The highest BCUT2D eigenvalue weighted by Gasteiger charge is 2.22. The van der Waals surface area contributed by atoms with Crippen LogP contribution in [0.25, 0.3) is 0 Å². The van der Waals surface area contributed by atoms with Crippen LogP contribution in [0.3, 0.4) is 0 Å². The normalized spacial score (nSPS) is 15.5. The molecule has 1 aromatic rings. The van der Waals surface area contributed by atoms with Gasteiger partial charge in [0.05, 0.1) is 6.10 Å². The van der Waals surface area contributed by atoms with Crippen molar-refractivity contribution in [1.29, 1.82) is 0 Å². The van der Waals surface area contributed by atoms with Crippen LogP contribution in [-0.2, 0) is 6.42 Å². The van der Waals surface area contributed by atoms with Crippen molar-refractivity contribution in [1.82, 2.24) is 0 Å². The van der Waals surface area contributed by atoms with Gasteiger partial charge < -0.3 is 14.6 Å². The van der Waals surface area contributed by atoms with E-state index in [-0.39, 0.29) is 12.9 Å². The van der Waals surface area contributed by atoms with E-state index in [1.165, 1.54) is 0 Å². The lowest BCUT2D eigenvalue weighted by Crippen LogP contribution is -2.07. The van der Waals surface area contributed by atoms with Crippen LogP contribution >= 0.6 is 15.9 Å². The van der Waals surface area contributed by atoms with E-state index in [1.807, 2.05) is 13.0 Å². The molecular weight excluding hydrogens is 260 g/mol. The number of aliphatic hydroxyl groups is 1. The molecule has 0 saturated carbocycles. The molecule has 1 aliphatic heterocycles. The Bertz CT molecular complexity index is 388. The summed E-state index contributed by atoms with van der Waals surface area (Å²) in [5, 5.41) is 9.44. The Morgan fingerprint density at radius 1 is 1.53 bits per heavy atom. The van der Waals surface area contributed by atoms with Gasteiger partial charge in [0, 0.05) is 16.5 Å². The summed E-state index contributed by atoms with van der Waals surface area (Å²) in [6, 6.07) is 1.91. The van der Waals surface area contributed by atoms with Gasteiger partial charge in [0.15, 0.2) is 11.5 Å². The lowest BCUT2D eigenvalue weighted by atomic mass is 10.0. The Hall–Kier alpha value is -0.740. The molecule has 2 rings (SSSR count). The summed E-state index contributed by atoms with van der Waals surface area (Å²) in [5.41, 5.74) is 2.12. The zero-order valence-corrected chi connectivity index (χ0v) is 10.3. The van der Waals surface area contributed by atoms with Gasteiger partial charge in [-0.2, -0.15) is 0 Å². The smallest absolute Gasteiger partial charge is 0.231 e. The topological polar surface area (TPSA) is 38.7 Å². The van der Waals surface area contributed by atoms with Crippen LogP contribution in [0, 0.1) is 6.92 Å². The molecule has 0 radical (unpaired) electrons. The minimum atomic E-state index is -0.383. The molecule has 0 aromatic heterocycles. The van der Waals surface area contributed by atoms with Gasteiger partial charge in [0.25, 0.3) is 0 Å². The Morgan fingerprint density at radius 3 is 2.93 bits per heavy atom. The largest absolute Gasteiger partial charge is 0.454 e. The number of halogens is 1. The SMILES string of the molecule is Cc1c(Br)cc2c(c1CC(C)O)OCO2. The second-order valence-corrected chi connectivity index (χ2v) is 4.60. The van der Waals surface area contributed by atoms with Crippen LogP contribution in [0.2, 0.25) is 0 Å². The molecule has 82 valence electrons. The summed E-state index contributed by atoms with van der Waals surface area (Å²) in [6.45, 7) is 4.03. The molecule has 1 unspecified atom stereocenters. The van der Waals surface area contributed by atoms with Gasteiger partial charge >= 0.3 is 0 Å². The molecule has 0 aliphatic carbocycles. The van der Waals surface area contributed by atoms with Crippen molar-refractivity contribution in [2.24, 2.45) is 0 Å². The minimum Gasteiger partial charge on any atom is -0.454 e. The first-order valence-electron chi connectivity index (χ1n) is 4.85. The molecular formula is C11H13BrO3. The van der Waals surface area contributed by atoms with Crippen LogP contribution in [0.15, 0.2) is 10.5 Å². The highest BCUT2D eigenvalue weighted by atomic mass is 79.9. The van der Waals surface area contributed by atoms with E-state index in [4.69, 9.17) is 9.47 Å². The molecule has 4 heteroatoms. The fraction of sp³-hybridized carbons (Fsp3) is 0.455. The third-order valence-corrected chi connectivity index (χ3v) is 3.31. The fourth-order valence-electron chi connectivity index (χ4n) is 1.71. The van der Waals surface area contributed by atoms with Crippen molar-refractivity contribution in [3.05, 3.63) is 21.7 Å². The molecule has 15 heavy (non-hydrogen) atoms. The van der Waals surface area contributed by atoms with Crippen LogP contribution in [-0.4, -0.2) is 18.0 Å². The van der Waals surface area contributed by atoms with Crippen LogP contribution in [0.4, 0.5) is 0 Å². The first-order chi connectivity index (χ1) is 7.09. The summed E-state index contributed by atoms with van der Waals surface area (Å²) >= 11 is 3.47. The number of ether oxygens (including phenoxy) is 2. The summed E-state index contributed by atoms with van der Waals surface area (Å²) < 4.78 is 11.7. The highest BCUT2D eigenvalue weighted by molar-refractivity contribution is 9.10. The molecule has 0 bridgehead atoms. The summed E-state index contributed by atoms with van der Waals surface area (Å²) in [5.74, 6) is 1.53. The van der Waals surface area contributed by atoms with Gasteiger partial charge in [-0.3, -0.25) is 0 Å². The summed E-state index contributed by atoms with van der Waals surface area (Å²) in [7, 11) is 0. The van der Waals surface area contributed by atoms with E-state index in [0.717, 1.165) is 27.1 Å². The van der Waals surface area contributed by atoms with Crippen LogP contribution in [0.5, 0.6) is 11.5 Å². The van der Waals surface area contributed by atoms with Gasteiger partial charge in [-0.1, -0.05) is 15.9 Å². The van der Waals surface area contributed by atoms with Crippen LogP contribution < -0.4 is 9.47 Å². The molecule has 1 atom stereocenters. The number of hydrogen-bond donors (Lipinski definition) is 1. The summed E-state index contributed by atoms with van der Waals surface area (Å²) in [4.78, 5) is 0. The van der Waals surface area contributed by atoms with Gasteiger partial charge in [0.1, 0.15) is 0 Å². The van der Waals surface area contributed by atoms with Gasteiger partial charge in [0.2, 0.25) is 6.79 Å². The molecule has 1 heterocycles. The molecule has 1 aliphatic rings. The van der Waals surface area contributed by atoms with E-state index in [1.54, 1.807) is 6.92 Å². The zero-order chi connectivity index (χ0) is 11.0. The average molecular weight is 273 g/mol. The third kappa shape index (κ3) is 1.96. The number of rotatable bonds is 2.